The van der Waals surface area contributed by atoms with E-state index in [1.807, 2.05) is 6.07 Å². The lowest BCUT2D eigenvalue weighted by molar-refractivity contribution is 0.447. The molecular weight excluding hydrogens is 236 g/mol. The molecule has 0 aromatic heterocycles. The Hall–Kier alpha value is -1.96. The second kappa shape index (κ2) is 6.28. The lowest BCUT2D eigenvalue weighted by Gasteiger charge is -2.12. The molecule has 2 heteroatoms. The smallest absolute Gasteiger partial charge is 0.119 e. The molecule has 0 aliphatic rings. The molecule has 0 aliphatic carbocycles. The minimum Gasteiger partial charge on any atom is -0.508 e. The molecule has 0 amide bonds. The van der Waals surface area contributed by atoms with Gasteiger partial charge >= 0.3 is 0 Å². The Morgan fingerprint density at radius 3 is 2.21 bits per heavy atom. The van der Waals surface area contributed by atoms with Crippen LogP contribution in [-0.2, 0) is 6.42 Å². The summed E-state index contributed by atoms with van der Waals surface area (Å²) in [6.07, 6.45) is 3.20. The highest BCUT2D eigenvalue weighted by Gasteiger charge is 2.08. The third-order valence-electron chi connectivity index (χ3n) is 3.44. The molecule has 100 valence electrons. The standard InChI is InChI=1S/C17H20O2/c1-13(15-10-16(18)12-17(19)11-15)6-5-9-14-7-3-2-4-8-14/h2-4,7-8,10-13,18-19H,5-6,9H2,1H3. The van der Waals surface area contributed by atoms with Gasteiger partial charge in [-0.25, -0.2) is 0 Å². The summed E-state index contributed by atoms with van der Waals surface area (Å²) in [6, 6.07) is 15.3. The van der Waals surface area contributed by atoms with Crippen molar-refractivity contribution in [1.82, 2.24) is 0 Å². The fourth-order valence-electron chi connectivity index (χ4n) is 2.33. The van der Waals surface area contributed by atoms with Crippen molar-refractivity contribution in [2.45, 2.75) is 32.1 Å². The summed E-state index contributed by atoms with van der Waals surface area (Å²) in [5.74, 6) is 0.594. The van der Waals surface area contributed by atoms with Gasteiger partial charge in [-0.3, -0.25) is 0 Å². The molecule has 0 spiro atoms. The molecule has 0 fully saturated rings. The van der Waals surface area contributed by atoms with E-state index in [4.69, 9.17) is 0 Å². The summed E-state index contributed by atoms with van der Waals surface area (Å²) in [5.41, 5.74) is 2.35. The first-order chi connectivity index (χ1) is 9.15. The van der Waals surface area contributed by atoms with E-state index >= 15 is 0 Å². The van der Waals surface area contributed by atoms with E-state index in [2.05, 4.69) is 31.2 Å². The van der Waals surface area contributed by atoms with Gasteiger partial charge in [0.1, 0.15) is 11.5 Å². The summed E-state index contributed by atoms with van der Waals surface area (Å²) in [7, 11) is 0. The molecule has 2 N–H and O–H groups in total. The predicted molar refractivity (Wildman–Crippen MR) is 77.6 cm³/mol. The normalized spacial score (nSPS) is 12.3. The van der Waals surface area contributed by atoms with Gasteiger partial charge in [0.15, 0.2) is 0 Å². The van der Waals surface area contributed by atoms with Crippen LogP contribution in [0.3, 0.4) is 0 Å². The Morgan fingerprint density at radius 2 is 1.58 bits per heavy atom. The largest absolute Gasteiger partial charge is 0.508 e. The zero-order chi connectivity index (χ0) is 13.7. The van der Waals surface area contributed by atoms with Crippen molar-refractivity contribution in [1.29, 1.82) is 0 Å². The number of hydrogen-bond acceptors (Lipinski definition) is 2. The summed E-state index contributed by atoms with van der Waals surface area (Å²) in [6.45, 7) is 2.12. The van der Waals surface area contributed by atoms with E-state index in [1.165, 1.54) is 11.6 Å². The van der Waals surface area contributed by atoms with Crippen LogP contribution in [-0.4, -0.2) is 10.2 Å². The van der Waals surface area contributed by atoms with Gasteiger partial charge < -0.3 is 10.2 Å². The van der Waals surface area contributed by atoms with E-state index < -0.39 is 0 Å². The van der Waals surface area contributed by atoms with Gasteiger partial charge in [-0.15, -0.1) is 0 Å². The second-order valence-corrected chi connectivity index (χ2v) is 5.06. The third-order valence-corrected chi connectivity index (χ3v) is 3.44. The maximum atomic E-state index is 9.49. The lowest BCUT2D eigenvalue weighted by Crippen LogP contribution is -1.95. The molecule has 1 unspecified atom stereocenters. The molecule has 0 saturated heterocycles. The first-order valence-electron chi connectivity index (χ1n) is 6.72. The van der Waals surface area contributed by atoms with Gasteiger partial charge in [0, 0.05) is 6.07 Å². The Bertz CT molecular complexity index is 500. The average Bonchev–Trinajstić information content (AvgIpc) is 2.38. The molecule has 2 nitrogen and oxygen atoms in total. The molecule has 2 aromatic rings. The zero-order valence-electron chi connectivity index (χ0n) is 11.2. The van der Waals surface area contributed by atoms with Crippen LogP contribution in [0.15, 0.2) is 48.5 Å². The lowest BCUT2D eigenvalue weighted by atomic mass is 9.94. The number of benzene rings is 2. The fraction of sp³-hybridized carbons (Fsp3) is 0.294. The molecule has 0 radical (unpaired) electrons. The van der Waals surface area contributed by atoms with E-state index in [1.54, 1.807) is 12.1 Å². The SMILES string of the molecule is CC(CCCc1ccccc1)c1cc(O)cc(O)c1. The highest BCUT2D eigenvalue weighted by Crippen LogP contribution is 2.28. The highest BCUT2D eigenvalue weighted by atomic mass is 16.3. The number of phenols is 2. The maximum absolute atomic E-state index is 9.49. The quantitative estimate of drug-likeness (QED) is 0.840. The van der Waals surface area contributed by atoms with Crippen LogP contribution in [0.5, 0.6) is 11.5 Å². The minimum absolute atomic E-state index is 0.130. The Morgan fingerprint density at radius 1 is 0.947 bits per heavy atom. The molecular formula is C17H20O2. The number of aromatic hydroxyl groups is 2. The van der Waals surface area contributed by atoms with E-state index in [0.717, 1.165) is 24.8 Å². The van der Waals surface area contributed by atoms with Gasteiger partial charge in [0.2, 0.25) is 0 Å². The van der Waals surface area contributed by atoms with Crippen LogP contribution in [0.2, 0.25) is 0 Å². The van der Waals surface area contributed by atoms with Gasteiger partial charge in [-0.1, -0.05) is 37.3 Å². The van der Waals surface area contributed by atoms with Crippen LogP contribution in [0.25, 0.3) is 0 Å². The molecule has 0 bridgehead atoms. The topological polar surface area (TPSA) is 40.5 Å². The van der Waals surface area contributed by atoms with Crippen LogP contribution in [0.4, 0.5) is 0 Å². The van der Waals surface area contributed by atoms with Crippen molar-refractivity contribution in [2.24, 2.45) is 0 Å². The Kier molecular flexibility index (Phi) is 4.45. The Labute approximate surface area is 114 Å². The van der Waals surface area contributed by atoms with Gasteiger partial charge in [-0.05, 0) is 48.4 Å². The van der Waals surface area contributed by atoms with E-state index in [9.17, 15) is 10.2 Å². The van der Waals surface area contributed by atoms with Crippen LogP contribution in [0.1, 0.15) is 36.8 Å². The van der Waals surface area contributed by atoms with E-state index in [0.29, 0.717) is 5.92 Å². The van der Waals surface area contributed by atoms with Crippen molar-refractivity contribution >= 4 is 0 Å². The minimum atomic E-state index is 0.130. The number of rotatable bonds is 5. The fourth-order valence-corrected chi connectivity index (χ4v) is 2.33. The average molecular weight is 256 g/mol. The maximum Gasteiger partial charge on any atom is 0.119 e. The first kappa shape index (κ1) is 13.5. The molecule has 2 rings (SSSR count). The van der Waals surface area contributed by atoms with Gasteiger partial charge in [0.05, 0.1) is 0 Å². The number of aryl methyl sites for hydroxylation is 1. The summed E-state index contributed by atoms with van der Waals surface area (Å²) in [4.78, 5) is 0. The first-order valence-corrected chi connectivity index (χ1v) is 6.72. The van der Waals surface area contributed by atoms with Crippen LogP contribution >= 0.6 is 0 Å². The van der Waals surface area contributed by atoms with Crippen LogP contribution < -0.4 is 0 Å². The zero-order valence-corrected chi connectivity index (χ0v) is 11.2. The van der Waals surface area contributed by atoms with Crippen molar-refractivity contribution in [2.75, 3.05) is 0 Å². The molecule has 2 aromatic carbocycles. The van der Waals surface area contributed by atoms with Crippen LogP contribution in [0, 0.1) is 0 Å². The molecule has 0 aliphatic heterocycles. The molecule has 0 saturated carbocycles. The number of phenolic OH excluding ortho intramolecular Hbond substituents is 2. The summed E-state index contributed by atoms with van der Waals surface area (Å²) in [5, 5.41) is 19.0. The molecule has 0 heterocycles. The summed E-state index contributed by atoms with van der Waals surface area (Å²) >= 11 is 0. The molecule has 19 heavy (non-hydrogen) atoms. The predicted octanol–water partition coefficient (Wildman–Crippen LogP) is 4.22. The monoisotopic (exact) mass is 256 g/mol. The van der Waals surface area contributed by atoms with Crippen molar-refractivity contribution < 1.29 is 10.2 Å². The van der Waals surface area contributed by atoms with Gasteiger partial charge in [-0.2, -0.15) is 0 Å². The van der Waals surface area contributed by atoms with Gasteiger partial charge in [0.25, 0.3) is 0 Å². The summed E-state index contributed by atoms with van der Waals surface area (Å²) < 4.78 is 0. The highest BCUT2D eigenvalue weighted by molar-refractivity contribution is 5.38. The number of hydrogen-bond donors (Lipinski definition) is 2. The third kappa shape index (κ3) is 4.02. The van der Waals surface area contributed by atoms with Crippen molar-refractivity contribution in [3.63, 3.8) is 0 Å². The second-order valence-electron chi connectivity index (χ2n) is 5.06. The van der Waals surface area contributed by atoms with Crippen molar-refractivity contribution in [3.05, 3.63) is 59.7 Å². The van der Waals surface area contributed by atoms with Crippen molar-refractivity contribution in [3.8, 4) is 11.5 Å². The Balaban J connectivity index is 1.89. The molecule has 1 atom stereocenters. The van der Waals surface area contributed by atoms with E-state index in [-0.39, 0.29) is 11.5 Å².